The monoisotopic (exact) mass is 212 g/mol. The van der Waals surface area contributed by atoms with Gasteiger partial charge in [-0.15, -0.1) is 0 Å². The number of carbonyl (C=O) groups excluding carboxylic acids is 1. The van der Waals surface area contributed by atoms with E-state index in [1.54, 1.807) is 18.7 Å². The second-order valence-corrected chi connectivity index (χ2v) is 4.21. The molecule has 0 aromatic heterocycles. The number of ether oxygens (including phenoxy) is 1. The van der Waals surface area contributed by atoms with Crippen molar-refractivity contribution >= 4 is 5.91 Å². The van der Waals surface area contributed by atoms with E-state index in [9.17, 15) is 4.79 Å². The second-order valence-electron chi connectivity index (χ2n) is 4.21. The van der Waals surface area contributed by atoms with Crippen LogP contribution in [-0.2, 0) is 9.53 Å². The Bertz CT molecular complexity index is 254. The lowest BCUT2D eigenvalue weighted by Gasteiger charge is -2.33. The van der Waals surface area contributed by atoms with Crippen LogP contribution in [0.15, 0.2) is 0 Å². The Morgan fingerprint density at radius 1 is 1.53 bits per heavy atom. The summed E-state index contributed by atoms with van der Waals surface area (Å²) in [4.78, 5) is 13.7. The Kier molecular flexibility index (Phi) is 5.31. The third-order valence-corrected chi connectivity index (χ3v) is 2.37. The lowest BCUT2D eigenvalue weighted by Crippen LogP contribution is -2.49. The molecule has 0 saturated heterocycles. The first kappa shape index (κ1) is 13.9. The van der Waals surface area contributed by atoms with Gasteiger partial charge in [0.2, 0.25) is 0 Å². The molecule has 86 valence electrons. The van der Waals surface area contributed by atoms with Crippen LogP contribution in [0.5, 0.6) is 0 Å². The molecule has 4 heteroatoms. The van der Waals surface area contributed by atoms with Gasteiger partial charge in [-0.1, -0.05) is 0 Å². The normalized spacial score (nSPS) is 11.3. The SMILES string of the molecule is COC(C)(C)C(=O)N(CCC#N)C(C)C. The van der Waals surface area contributed by atoms with Gasteiger partial charge in [0, 0.05) is 19.7 Å². The molecule has 0 unspecified atom stereocenters. The smallest absolute Gasteiger partial charge is 0.254 e. The topological polar surface area (TPSA) is 53.3 Å². The predicted octanol–water partition coefficient (Wildman–Crippen LogP) is 1.56. The Balaban J connectivity index is 4.64. The molecule has 0 aromatic carbocycles. The van der Waals surface area contributed by atoms with Crippen molar-refractivity contribution in [3.05, 3.63) is 0 Å². The van der Waals surface area contributed by atoms with Crippen LogP contribution in [0, 0.1) is 11.3 Å². The summed E-state index contributed by atoms with van der Waals surface area (Å²) in [5, 5.41) is 8.52. The van der Waals surface area contributed by atoms with Crippen molar-refractivity contribution in [3.63, 3.8) is 0 Å². The summed E-state index contributed by atoms with van der Waals surface area (Å²) in [7, 11) is 1.51. The second kappa shape index (κ2) is 5.72. The van der Waals surface area contributed by atoms with Gasteiger partial charge in [-0.05, 0) is 27.7 Å². The predicted molar refractivity (Wildman–Crippen MR) is 58.2 cm³/mol. The molecule has 1 amide bonds. The van der Waals surface area contributed by atoms with Crippen molar-refractivity contribution in [3.8, 4) is 6.07 Å². The van der Waals surface area contributed by atoms with Gasteiger partial charge in [0.15, 0.2) is 0 Å². The third kappa shape index (κ3) is 3.88. The van der Waals surface area contributed by atoms with Crippen LogP contribution in [0.2, 0.25) is 0 Å². The fourth-order valence-electron chi connectivity index (χ4n) is 1.20. The number of nitrogens with zero attached hydrogens (tertiary/aromatic N) is 2. The Morgan fingerprint density at radius 2 is 2.07 bits per heavy atom. The summed E-state index contributed by atoms with van der Waals surface area (Å²) in [6.45, 7) is 7.79. The van der Waals surface area contributed by atoms with E-state index in [2.05, 4.69) is 0 Å². The molecule has 0 aliphatic heterocycles. The summed E-state index contributed by atoms with van der Waals surface area (Å²) < 4.78 is 5.14. The van der Waals surface area contributed by atoms with E-state index in [1.165, 1.54) is 7.11 Å². The van der Waals surface area contributed by atoms with Crippen LogP contribution in [-0.4, -0.2) is 36.1 Å². The fraction of sp³-hybridized carbons (Fsp3) is 0.818. The first-order valence-electron chi connectivity index (χ1n) is 5.10. The lowest BCUT2D eigenvalue weighted by molar-refractivity contribution is -0.152. The van der Waals surface area contributed by atoms with Gasteiger partial charge in [-0.3, -0.25) is 4.79 Å². The molecule has 15 heavy (non-hydrogen) atoms. The van der Waals surface area contributed by atoms with E-state index in [1.807, 2.05) is 19.9 Å². The maximum Gasteiger partial charge on any atom is 0.254 e. The van der Waals surface area contributed by atoms with E-state index < -0.39 is 5.60 Å². The summed E-state index contributed by atoms with van der Waals surface area (Å²) in [5.74, 6) is -0.0738. The largest absolute Gasteiger partial charge is 0.369 e. The Labute approximate surface area is 91.8 Å². The van der Waals surface area contributed by atoms with Gasteiger partial charge in [0.25, 0.3) is 5.91 Å². The molecule has 0 atom stereocenters. The van der Waals surface area contributed by atoms with E-state index >= 15 is 0 Å². The number of hydrogen-bond acceptors (Lipinski definition) is 3. The summed E-state index contributed by atoms with van der Waals surface area (Å²) in [6, 6.07) is 2.13. The molecule has 0 N–H and O–H groups in total. The zero-order valence-electron chi connectivity index (χ0n) is 10.2. The molecular formula is C11H20N2O2. The average Bonchev–Trinajstić information content (AvgIpc) is 2.17. The minimum Gasteiger partial charge on any atom is -0.369 e. The molecule has 4 nitrogen and oxygen atoms in total. The minimum absolute atomic E-state index is 0.0738. The zero-order valence-corrected chi connectivity index (χ0v) is 10.2. The maximum absolute atomic E-state index is 12.0. The lowest BCUT2D eigenvalue weighted by atomic mass is 10.1. The van der Waals surface area contributed by atoms with E-state index in [-0.39, 0.29) is 11.9 Å². The highest BCUT2D eigenvalue weighted by atomic mass is 16.5. The quantitative estimate of drug-likeness (QED) is 0.695. The van der Waals surface area contributed by atoms with Crippen LogP contribution in [0.3, 0.4) is 0 Å². The van der Waals surface area contributed by atoms with Crippen LogP contribution in [0.25, 0.3) is 0 Å². The number of carbonyl (C=O) groups is 1. The van der Waals surface area contributed by atoms with Crippen molar-refractivity contribution in [2.75, 3.05) is 13.7 Å². The number of rotatable bonds is 5. The van der Waals surface area contributed by atoms with Crippen molar-refractivity contribution in [1.29, 1.82) is 5.26 Å². The molecule has 0 heterocycles. The van der Waals surface area contributed by atoms with Gasteiger partial charge in [0.1, 0.15) is 5.60 Å². The number of amides is 1. The Hall–Kier alpha value is -1.08. The molecule has 0 spiro atoms. The Morgan fingerprint density at radius 3 is 2.40 bits per heavy atom. The molecule has 0 aliphatic rings. The molecule has 0 radical (unpaired) electrons. The molecule has 0 saturated carbocycles. The zero-order chi connectivity index (χ0) is 12.1. The minimum atomic E-state index is -0.820. The van der Waals surface area contributed by atoms with Gasteiger partial charge in [0.05, 0.1) is 12.5 Å². The van der Waals surface area contributed by atoms with Gasteiger partial charge in [-0.25, -0.2) is 0 Å². The number of nitriles is 1. The first-order chi connectivity index (χ1) is 6.86. The summed E-state index contributed by atoms with van der Waals surface area (Å²) in [5.41, 5.74) is -0.820. The van der Waals surface area contributed by atoms with Crippen LogP contribution < -0.4 is 0 Å². The van der Waals surface area contributed by atoms with Gasteiger partial charge < -0.3 is 9.64 Å². The maximum atomic E-state index is 12.0. The highest BCUT2D eigenvalue weighted by Crippen LogP contribution is 2.14. The molecule has 0 aliphatic carbocycles. The summed E-state index contributed by atoms with van der Waals surface area (Å²) in [6.07, 6.45) is 0.351. The van der Waals surface area contributed by atoms with Crippen molar-refractivity contribution in [1.82, 2.24) is 4.90 Å². The van der Waals surface area contributed by atoms with Gasteiger partial charge >= 0.3 is 0 Å². The first-order valence-corrected chi connectivity index (χ1v) is 5.10. The van der Waals surface area contributed by atoms with Crippen LogP contribution in [0.4, 0.5) is 0 Å². The highest BCUT2D eigenvalue weighted by Gasteiger charge is 2.32. The highest BCUT2D eigenvalue weighted by molar-refractivity contribution is 5.84. The molecule has 0 fully saturated rings. The molecule has 0 bridgehead atoms. The van der Waals surface area contributed by atoms with Crippen molar-refractivity contribution in [2.24, 2.45) is 0 Å². The van der Waals surface area contributed by atoms with E-state index in [0.717, 1.165) is 0 Å². The standard InChI is InChI=1S/C11H20N2O2/c1-9(2)13(8-6-7-12)10(14)11(3,4)15-5/h9H,6,8H2,1-5H3. The average molecular weight is 212 g/mol. The number of methoxy groups -OCH3 is 1. The summed E-state index contributed by atoms with van der Waals surface area (Å²) >= 11 is 0. The molecule has 0 aromatic rings. The fourth-order valence-corrected chi connectivity index (χ4v) is 1.20. The van der Waals surface area contributed by atoms with Crippen LogP contribution in [0.1, 0.15) is 34.1 Å². The van der Waals surface area contributed by atoms with Crippen LogP contribution >= 0.6 is 0 Å². The van der Waals surface area contributed by atoms with Gasteiger partial charge in [-0.2, -0.15) is 5.26 Å². The van der Waals surface area contributed by atoms with Crippen molar-refractivity contribution < 1.29 is 9.53 Å². The molecule has 0 rings (SSSR count). The third-order valence-electron chi connectivity index (χ3n) is 2.37. The van der Waals surface area contributed by atoms with Crippen molar-refractivity contribution in [2.45, 2.75) is 45.8 Å². The number of hydrogen-bond donors (Lipinski definition) is 0. The van der Waals surface area contributed by atoms with E-state index in [4.69, 9.17) is 10.00 Å². The van der Waals surface area contributed by atoms with E-state index in [0.29, 0.717) is 13.0 Å². The molecular weight excluding hydrogens is 192 g/mol.